The quantitative estimate of drug-likeness (QED) is 0.927. The van der Waals surface area contributed by atoms with Gasteiger partial charge in [-0.2, -0.15) is 0 Å². The second kappa shape index (κ2) is 6.78. The van der Waals surface area contributed by atoms with Crippen molar-refractivity contribution in [3.8, 4) is 0 Å². The van der Waals surface area contributed by atoms with Crippen molar-refractivity contribution in [1.82, 2.24) is 9.88 Å². The van der Waals surface area contributed by atoms with E-state index in [4.69, 9.17) is 5.11 Å². The molecule has 120 valence electrons. The predicted octanol–water partition coefficient (Wildman–Crippen LogP) is 3.33. The molecular weight excluding hydrogens is 276 g/mol. The fourth-order valence-electron chi connectivity index (χ4n) is 4.18. The Bertz CT molecular complexity index is 485. The topological polar surface area (TPSA) is 53.4 Å². The second-order valence-electron chi connectivity index (χ2n) is 7.18. The van der Waals surface area contributed by atoms with E-state index in [1.54, 1.807) is 0 Å². The van der Waals surface area contributed by atoms with Crippen LogP contribution in [0.3, 0.4) is 0 Å². The molecule has 0 aromatic carbocycles. The van der Waals surface area contributed by atoms with Crippen LogP contribution in [-0.2, 0) is 11.3 Å². The summed E-state index contributed by atoms with van der Waals surface area (Å²) in [7, 11) is 0. The summed E-state index contributed by atoms with van der Waals surface area (Å²) in [6, 6.07) is 4.15. The Kier molecular flexibility index (Phi) is 4.77. The van der Waals surface area contributed by atoms with Crippen molar-refractivity contribution in [1.29, 1.82) is 0 Å². The number of carboxylic acids is 1. The second-order valence-corrected chi connectivity index (χ2v) is 7.18. The normalized spacial score (nSPS) is 22.7. The van der Waals surface area contributed by atoms with Crippen molar-refractivity contribution >= 4 is 5.97 Å². The lowest BCUT2D eigenvalue weighted by Gasteiger charge is -2.46. The number of nitrogens with zero attached hydrogens (tertiary/aromatic N) is 2. The lowest BCUT2D eigenvalue weighted by molar-refractivity contribution is -0.138. The summed E-state index contributed by atoms with van der Waals surface area (Å²) in [5.74, 6) is -0.219. The van der Waals surface area contributed by atoms with Gasteiger partial charge in [0.25, 0.3) is 0 Å². The third-order valence-electron chi connectivity index (χ3n) is 5.67. The summed E-state index contributed by atoms with van der Waals surface area (Å²) in [5.41, 5.74) is 1.80. The predicted molar refractivity (Wildman–Crippen MR) is 85.4 cm³/mol. The summed E-state index contributed by atoms with van der Waals surface area (Å²) in [6.45, 7) is 3.34. The van der Waals surface area contributed by atoms with Crippen molar-refractivity contribution in [2.45, 2.75) is 51.5 Å². The molecule has 1 aromatic rings. The standard InChI is InChI=1S/C18H26N2O2/c21-17(22)12-15-3-5-18(6-4-15)7-10-20(11-8-18)14-16-2-1-9-19-13-16/h1-2,9,13,15H,3-8,10-12,14H2,(H,21,22). The highest BCUT2D eigenvalue weighted by atomic mass is 16.4. The van der Waals surface area contributed by atoms with Gasteiger partial charge in [-0.3, -0.25) is 14.7 Å². The molecule has 0 atom stereocenters. The van der Waals surface area contributed by atoms with Gasteiger partial charge in [0, 0.05) is 25.4 Å². The molecule has 22 heavy (non-hydrogen) atoms. The van der Waals surface area contributed by atoms with Crippen LogP contribution in [0.2, 0.25) is 0 Å². The molecule has 4 nitrogen and oxygen atoms in total. The number of hydrogen-bond donors (Lipinski definition) is 1. The zero-order valence-corrected chi connectivity index (χ0v) is 13.2. The highest BCUT2D eigenvalue weighted by molar-refractivity contribution is 5.67. The molecule has 1 aliphatic heterocycles. The van der Waals surface area contributed by atoms with E-state index in [1.165, 1.54) is 44.3 Å². The molecule has 2 aliphatic rings. The van der Waals surface area contributed by atoms with Gasteiger partial charge in [-0.15, -0.1) is 0 Å². The van der Waals surface area contributed by atoms with E-state index in [1.807, 2.05) is 18.5 Å². The third-order valence-corrected chi connectivity index (χ3v) is 5.67. The van der Waals surface area contributed by atoms with Crippen LogP contribution in [0.15, 0.2) is 24.5 Å². The number of likely N-dealkylation sites (tertiary alicyclic amines) is 1. The summed E-state index contributed by atoms with van der Waals surface area (Å²) in [4.78, 5) is 17.6. The number of aliphatic carboxylic acids is 1. The van der Waals surface area contributed by atoms with Gasteiger partial charge in [0.05, 0.1) is 0 Å². The van der Waals surface area contributed by atoms with E-state index in [-0.39, 0.29) is 0 Å². The smallest absolute Gasteiger partial charge is 0.303 e. The van der Waals surface area contributed by atoms with Gasteiger partial charge in [-0.25, -0.2) is 0 Å². The van der Waals surface area contributed by atoms with Gasteiger partial charge in [0.15, 0.2) is 0 Å². The molecular formula is C18H26N2O2. The molecule has 1 N–H and O–H groups in total. The number of rotatable bonds is 4. The first-order chi connectivity index (χ1) is 10.7. The van der Waals surface area contributed by atoms with Crippen LogP contribution in [0, 0.1) is 11.3 Å². The average Bonchev–Trinajstić information content (AvgIpc) is 2.53. The number of pyridine rings is 1. The van der Waals surface area contributed by atoms with Crippen LogP contribution in [-0.4, -0.2) is 34.0 Å². The molecule has 1 aliphatic carbocycles. The highest BCUT2D eigenvalue weighted by Crippen LogP contribution is 2.47. The number of carbonyl (C=O) groups is 1. The highest BCUT2D eigenvalue weighted by Gasteiger charge is 2.38. The van der Waals surface area contributed by atoms with Gasteiger partial charge < -0.3 is 5.11 Å². The van der Waals surface area contributed by atoms with Gasteiger partial charge in [-0.05, 0) is 74.6 Å². The van der Waals surface area contributed by atoms with E-state index < -0.39 is 5.97 Å². The number of hydrogen-bond acceptors (Lipinski definition) is 3. The maximum Gasteiger partial charge on any atom is 0.303 e. The van der Waals surface area contributed by atoms with E-state index >= 15 is 0 Å². The Morgan fingerprint density at radius 3 is 2.59 bits per heavy atom. The van der Waals surface area contributed by atoms with Crippen molar-refractivity contribution in [2.24, 2.45) is 11.3 Å². The zero-order valence-electron chi connectivity index (χ0n) is 13.2. The van der Waals surface area contributed by atoms with Gasteiger partial charge in [0.2, 0.25) is 0 Å². The molecule has 2 fully saturated rings. The molecule has 1 aromatic heterocycles. The van der Waals surface area contributed by atoms with E-state index in [2.05, 4.69) is 16.0 Å². The van der Waals surface area contributed by atoms with Crippen LogP contribution >= 0.6 is 0 Å². The summed E-state index contributed by atoms with van der Waals surface area (Å²) >= 11 is 0. The molecule has 1 spiro atoms. The first-order valence-electron chi connectivity index (χ1n) is 8.48. The maximum absolute atomic E-state index is 10.8. The first kappa shape index (κ1) is 15.5. The fourth-order valence-corrected chi connectivity index (χ4v) is 4.18. The van der Waals surface area contributed by atoms with E-state index in [9.17, 15) is 4.79 Å². The SMILES string of the molecule is O=C(O)CC1CCC2(CC1)CCN(Cc1cccnc1)CC2. The fraction of sp³-hybridized carbons (Fsp3) is 0.667. The minimum absolute atomic E-state index is 0.364. The van der Waals surface area contributed by atoms with Gasteiger partial charge in [-0.1, -0.05) is 6.07 Å². The Hall–Kier alpha value is -1.42. The van der Waals surface area contributed by atoms with Crippen molar-refractivity contribution < 1.29 is 9.90 Å². The van der Waals surface area contributed by atoms with Crippen LogP contribution in [0.25, 0.3) is 0 Å². The third kappa shape index (κ3) is 3.86. The molecule has 0 radical (unpaired) electrons. The summed E-state index contributed by atoms with van der Waals surface area (Å²) in [6.07, 6.45) is 11.4. The minimum Gasteiger partial charge on any atom is -0.481 e. The molecule has 0 amide bonds. The number of carboxylic acid groups (broad SMARTS) is 1. The maximum atomic E-state index is 10.8. The number of piperidine rings is 1. The van der Waals surface area contributed by atoms with E-state index in [0.29, 0.717) is 17.8 Å². The zero-order chi connectivity index (χ0) is 15.4. The Morgan fingerprint density at radius 1 is 1.27 bits per heavy atom. The molecule has 4 heteroatoms. The van der Waals surface area contributed by atoms with Crippen molar-refractivity contribution in [3.63, 3.8) is 0 Å². The van der Waals surface area contributed by atoms with Crippen LogP contribution in [0.4, 0.5) is 0 Å². The molecule has 1 saturated heterocycles. The summed E-state index contributed by atoms with van der Waals surface area (Å²) in [5, 5.41) is 8.93. The van der Waals surface area contributed by atoms with Crippen molar-refractivity contribution in [3.05, 3.63) is 30.1 Å². The lowest BCUT2D eigenvalue weighted by Crippen LogP contribution is -2.41. The number of aromatic nitrogens is 1. The van der Waals surface area contributed by atoms with E-state index in [0.717, 1.165) is 19.4 Å². The van der Waals surface area contributed by atoms with Crippen molar-refractivity contribution in [2.75, 3.05) is 13.1 Å². The Morgan fingerprint density at radius 2 is 2.00 bits per heavy atom. The minimum atomic E-state index is -0.632. The van der Waals surface area contributed by atoms with Crippen LogP contribution in [0.5, 0.6) is 0 Å². The first-order valence-corrected chi connectivity index (χ1v) is 8.48. The largest absolute Gasteiger partial charge is 0.481 e. The molecule has 0 unspecified atom stereocenters. The Balaban J connectivity index is 1.47. The lowest BCUT2D eigenvalue weighted by atomic mass is 9.65. The molecule has 1 saturated carbocycles. The monoisotopic (exact) mass is 302 g/mol. The average molecular weight is 302 g/mol. The van der Waals surface area contributed by atoms with Gasteiger partial charge in [0.1, 0.15) is 0 Å². The van der Waals surface area contributed by atoms with Crippen LogP contribution < -0.4 is 0 Å². The van der Waals surface area contributed by atoms with Crippen LogP contribution in [0.1, 0.15) is 50.5 Å². The molecule has 2 heterocycles. The van der Waals surface area contributed by atoms with Gasteiger partial charge >= 0.3 is 5.97 Å². The molecule has 0 bridgehead atoms. The Labute approximate surface area is 132 Å². The summed E-state index contributed by atoms with van der Waals surface area (Å²) < 4.78 is 0. The molecule has 3 rings (SSSR count).